The van der Waals surface area contributed by atoms with Crippen molar-refractivity contribution in [3.63, 3.8) is 0 Å². The molecule has 0 aliphatic rings. The topological polar surface area (TPSA) is 73.6 Å². The first-order chi connectivity index (χ1) is 8.81. The summed E-state index contributed by atoms with van der Waals surface area (Å²) in [5.74, 6) is 1.20. The average Bonchev–Trinajstić information content (AvgIpc) is 2.81. The summed E-state index contributed by atoms with van der Waals surface area (Å²) in [7, 11) is 1.64. The van der Waals surface area contributed by atoms with Crippen LogP contribution in [0.25, 0.3) is 5.78 Å². The molecule has 2 aromatic rings. The summed E-state index contributed by atoms with van der Waals surface area (Å²) in [6, 6.07) is 1.69. The molecular weight excluding hydrogens is 258 g/mol. The highest BCUT2D eigenvalue weighted by Crippen LogP contribution is 2.13. The van der Waals surface area contributed by atoms with Gasteiger partial charge in [-0.1, -0.05) is 11.6 Å². The smallest absolute Gasteiger partial charge is 0.255 e. The highest BCUT2D eigenvalue weighted by molar-refractivity contribution is 6.29. The predicted octanol–water partition coefficient (Wildman–Crippen LogP) is 0.853. The highest BCUT2D eigenvalue weighted by atomic mass is 35.5. The molecule has 0 aromatic carbocycles. The molecule has 0 saturated carbocycles. The first-order valence-electron chi connectivity index (χ1n) is 5.48. The number of rotatable bonds is 7. The molecule has 0 amide bonds. The maximum absolute atomic E-state index is 5.88. The summed E-state index contributed by atoms with van der Waals surface area (Å²) in [4.78, 5) is 8.01. The van der Waals surface area contributed by atoms with Crippen molar-refractivity contribution >= 4 is 23.2 Å². The molecule has 0 saturated heterocycles. The van der Waals surface area contributed by atoms with Gasteiger partial charge in [0.15, 0.2) is 0 Å². The van der Waals surface area contributed by atoms with Crippen LogP contribution in [0.1, 0.15) is 0 Å². The maximum atomic E-state index is 5.88. The lowest BCUT2D eigenvalue weighted by molar-refractivity contribution is 0.0759. The zero-order valence-corrected chi connectivity index (χ0v) is 10.7. The van der Waals surface area contributed by atoms with Crippen LogP contribution < -0.4 is 5.32 Å². The molecule has 0 atom stereocenters. The molecule has 0 radical (unpaired) electrons. The van der Waals surface area contributed by atoms with E-state index < -0.39 is 0 Å². The number of hydrogen-bond donors (Lipinski definition) is 1. The Morgan fingerprint density at radius 2 is 2.28 bits per heavy atom. The third-order valence-corrected chi connectivity index (χ3v) is 2.40. The summed E-state index contributed by atoms with van der Waals surface area (Å²) >= 11 is 5.88. The SMILES string of the molecule is COCCOCCNc1cc(Cl)nc2ncnn12. The van der Waals surface area contributed by atoms with Gasteiger partial charge in [0.1, 0.15) is 17.3 Å². The van der Waals surface area contributed by atoms with Crippen LogP contribution in [-0.4, -0.2) is 53.1 Å². The number of ether oxygens (including phenoxy) is 2. The van der Waals surface area contributed by atoms with E-state index in [1.165, 1.54) is 6.33 Å². The van der Waals surface area contributed by atoms with Crippen LogP contribution >= 0.6 is 11.6 Å². The lowest BCUT2D eigenvalue weighted by Gasteiger charge is -2.08. The monoisotopic (exact) mass is 271 g/mol. The van der Waals surface area contributed by atoms with Gasteiger partial charge in [0.2, 0.25) is 0 Å². The molecule has 2 heterocycles. The fraction of sp³-hybridized carbons (Fsp3) is 0.500. The van der Waals surface area contributed by atoms with E-state index in [1.807, 2.05) is 0 Å². The minimum Gasteiger partial charge on any atom is -0.382 e. The minimum atomic E-state index is 0.373. The molecule has 98 valence electrons. The van der Waals surface area contributed by atoms with Gasteiger partial charge in [-0.2, -0.15) is 19.6 Å². The normalized spacial score (nSPS) is 11.0. The predicted molar refractivity (Wildman–Crippen MR) is 67.0 cm³/mol. The van der Waals surface area contributed by atoms with E-state index in [9.17, 15) is 0 Å². The Kier molecular flexibility index (Phi) is 4.68. The van der Waals surface area contributed by atoms with Crippen molar-refractivity contribution in [2.24, 2.45) is 0 Å². The van der Waals surface area contributed by atoms with Gasteiger partial charge >= 0.3 is 0 Å². The van der Waals surface area contributed by atoms with Crippen molar-refractivity contribution in [2.45, 2.75) is 0 Å². The molecule has 0 spiro atoms. The average molecular weight is 272 g/mol. The number of methoxy groups -OCH3 is 1. The number of halogens is 1. The fourth-order valence-corrected chi connectivity index (χ4v) is 1.58. The van der Waals surface area contributed by atoms with E-state index in [-0.39, 0.29) is 0 Å². The van der Waals surface area contributed by atoms with Crippen LogP contribution in [0.5, 0.6) is 0 Å². The zero-order valence-electron chi connectivity index (χ0n) is 9.97. The van der Waals surface area contributed by atoms with Crippen LogP contribution in [0.4, 0.5) is 5.82 Å². The molecular formula is C10H14ClN5O2. The van der Waals surface area contributed by atoms with Crippen molar-refractivity contribution in [1.82, 2.24) is 19.6 Å². The van der Waals surface area contributed by atoms with Crippen LogP contribution in [0.3, 0.4) is 0 Å². The fourth-order valence-electron chi connectivity index (χ4n) is 1.40. The Morgan fingerprint density at radius 3 is 3.11 bits per heavy atom. The van der Waals surface area contributed by atoms with Gasteiger partial charge in [-0.3, -0.25) is 0 Å². The standard InChI is InChI=1S/C10H14ClN5O2/c1-17-4-5-18-3-2-12-9-6-8(11)15-10-13-7-14-16(9)10/h6-7,12H,2-5H2,1H3. The zero-order chi connectivity index (χ0) is 12.8. The number of anilines is 1. The van der Waals surface area contributed by atoms with Gasteiger partial charge in [0.05, 0.1) is 19.8 Å². The van der Waals surface area contributed by atoms with Gasteiger partial charge in [-0.15, -0.1) is 0 Å². The number of hydrogen-bond acceptors (Lipinski definition) is 6. The van der Waals surface area contributed by atoms with Crippen LogP contribution in [0.15, 0.2) is 12.4 Å². The number of aromatic nitrogens is 4. The number of nitrogens with one attached hydrogen (secondary N) is 1. The summed E-state index contributed by atoms with van der Waals surface area (Å²) < 4.78 is 11.8. The molecule has 0 fully saturated rings. The summed E-state index contributed by atoms with van der Waals surface area (Å²) in [6.07, 6.45) is 1.43. The molecule has 7 nitrogen and oxygen atoms in total. The Bertz CT molecular complexity index is 504. The van der Waals surface area contributed by atoms with Gasteiger partial charge in [-0.05, 0) is 0 Å². The largest absolute Gasteiger partial charge is 0.382 e. The Hall–Kier alpha value is -1.44. The van der Waals surface area contributed by atoms with Crippen molar-refractivity contribution in [1.29, 1.82) is 0 Å². The summed E-state index contributed by atoms with van der Waals surface area (Å²) in [6.45, 7) is 2.38. The molecule has 2 rings (SSSR count). The van der Waals surface area contributed by atoms with E-state index in [0.717, 1.165) is 5.82 Å². The van der Waals surface area contributed by atoms with Crippen molar-refractivity contribution in [3.8, 4) is 0 Å². The molecule has 0 aliphatic carbocycles. The van der Waals surface area contributed by atoms with Gasteiger partial charge in [0.25, 0.3) is 5.78 Å². The van der Waals surface area contributed by atoms with E-state index >= 15 is 0 Å². The second kappa shape index (κ2) is 6.48. The molecule has 0 aliphatic heterocycles. The second-order valence-electron chi connectivity index (χ2n) is 3.47. The first-order valence-corrected chi connectivity index (χ1v) is 5.86. The van der Waals surface area contributed by atoms with Gasteiger partial charge < -0.3 is 14.8 Å². The third-order valence-electron chi connectivity index (χ3n) is 2.20. The van der Waals surface area contributed by atoms with Crippen molar-refractivity contribution < 1.29 is 9.47 Å². The summed E-state index contributed by atoms with van der Waals surface area (Å²) in [5.41, 5.74) is 0. The van der Waals surface area contributed by atoms with Gasteiger partial charge in [-0.25, -0.2) is 0 Å². The van der Waals surface area contributed by atoms with E-state index in [1.54, 1.807) is 17.7 Å². The molecule has 1 N–H and O–H groups in total. The third kappa shape index (κ3) is 3.28. The lowest BCUT2D eigenvalue weighted by atomic mass is 10.5. The molecule has 8 heteroatoms. The van der Waals surface area contributed by atoms with Crippen molar-refractivity contribution in [2.75, 3.05) is 38.8 Å². The summed E-state index contributed by atoms with van der Waals surface area (Å²) in [5, 5.41) is 7.58. The highest BCUT2D eigenvalue weighted by Gasteiger charge is 2.05. The molecule has 18 heavy (non-hydrogen) atoms. The maximum Gasteiger partial charge on any atom is 0.255 e. The number of fused-ring (bicyclic) bond motifs is 1. The van der Waals surface area contributed by atoms with Crippen LogP contribution in [-0.2, 0) is 9.47 Å². The van der Waals surface area contributed by atoms with Gasteiger partial charge in [0, 0.05) is 19.7 Å². The van der Waals surface area contributed by atoms with Crippen LogP contribution in [0, 0.1) is 0 Å². The Labute approximate surface area is 109 Å². The molecule has 0 unspecified atom stereocenters. The van der Waals surface area contributed by atoms with Crippen LogP contribution in [0.2, 0.25) is 5.15 Å². The Morgan fingerprint density at radius 1 is 1.39 bits per heavy atom. The van der Waals surface area contributed by atoms with E-state index in [0.29, 0.717) is 37.3 Å². The molecule has 0 bridgehead atoms. The number of nitrogens with zero attached hydrogens (tertiary/aromatic N) is 4. The van der Waals surface area contributed by atoms with Crippen molar-refractivity contribution in [3.05, 3.63) is 17.5 Å². The first kappa shape index (κ1) is 13.0. The van der Waals surface area contributed by atoms with E-state index in [2.05, 4.69) is 20.4 Å². The quantitative estimate of drug-likeness (QED) is 0.595. The Balaban J connectivity index is 1.89. The minimum absolute atomic E-state index is 0.373. The lowest BCUT2D eigenvalue weighted by Crippen LogP contribution is -2.14. The van der Waals surface area contributed by atoms with E-state index in [4.69, 9.17) is 21.1 Å². The molecule has 2 aromatic heterocycles. The second-order valence-corrected chi connectivity index (χ2v) is 3.86.